The highest BCUT2D eigenvalue weighted by molar-refractivity contribution is 9.11. The van der Waals surface area contributed by atoms with E-state index in [0.717, 1.165) is 8.66 Å². The zero-order chi connectivity index (χ0) is 13.1. The molecular formula is C11H14BrNO3S. The summed E-state index contributed by atoms with van der Waals surface area (Å²) in [6.45, 7) is 3.29. The van der Waals surface area contributed by atoms with Gasteiger partial charge in [0.25, 0.3) is 0 Å². The Morgan fingerprint density at radius 1 is 1.47 bits per heavy atom. The first-order chi connectivity index (χ1) is 7.81. The smallest absolute Gasteiger partial charge is 0.310 e. The molecule has 0 aromatic carbocycles. The average Bonchev–Trinajstić information content (AvgIpc) is 2.61. The summed E-state index contributed by atoms with van der Waals surface area (Å²) in [4.78, 5) is 23.4. The zero-order valence-electron chi connectivity index (χ0n) is 9.62. The van der Waals surface area contributed by atoms with Gasteiger partial charge in [0.2, 0.25) is 5.91 Å². The Morgan fingerprint density at radius 3 is 2.59 bits per heavy atom. The molecule has 0 atom stereocenters. The van der Waals surface area contributed by atoms with Crippen LogP contribution in [0.2, 0.25) is 0 Å². The molecule has 0 aliphatic carbocycles. The number of hydrogen-bond acceptors (Lipinski definition) is 3. The highest BCUT2D eigenvalue weighted by atomic mass is 79.9. The fourth-order valence-corrected chi connectivity index (χ4v) is 2.54. The second kappa shape index (κ2) is 5.64. The van der Waals surface area contributed by atoms with E-state index in [0.29, 0.717) is 0 Å². The van der Waals surface area contributed by atoms with Crippen molar-refractivity contribution in [1.82, 2.24) is 5.32 Å². The molecule has 0 bridgehead atoms. The molecule has 1 rings (SSSR count). The first-order valence-electron chi connectivity index (χ1n) is 5.05. The van der Waals surface area contributed by atoms with Crippen molar-refractivity contribution in [3.05, 3.63) is 20.8 Å². The zero-order valence-corrected chi connectivity index (χ0v) is 12.0. The van der Waals surface area contributed by atoms with Gasteiger partial charge in [-0.15, -0.1) is 11.3 Å². The molecule has 0 spiro atoms. The van der Waals surface area contributed by atoms with Crippen LogP contribution in [-0.2, 0) is 16.0 Å². The minimum absolute atomic E-state index is 0.133. The van der Waals surface area contributed by atoms with Gasteiger partial charge in [-0.05, 0) is 41.9 Å². The molecular weight excluding hydrogens is 306 g/mol. The van der Waals surface area contributed by atoms with Gasteiger partial charge in [-0.1, -0.05) is 0 Å². The molecule has 0 saturated heterocycles. The van der Waals surface area contributed by atoms with Crippen molar-refractivity contribution in [2.75, 3.05) is 6.54 Å². The second-order valence-corrected chi connectivity index (χ2v) is 6.90. The molecule has 0 unspecified atom stereocenters. The number of carboxylic acids is 1. The van der Waals surface area contributed by atoms with Crippen LogP contribution in [0.4, 0.5) is 0 Å². The van der Waals surface area contributed by atoms with E-state index in [9.17, 15) is 9.59 Å². The van der Waals surface area contributed by atoms with Crippen LogP contribution < -0.4 is 5.32 Å². The lowest BCUT2D eigenvalue weighted by molar-refractivity contribution is -0.146. The van der Waals surface area contributed by atoms with Gasteiger partial charge in [0.15, 0.2) is 0 Å². The molecule has 0 radical (unpaired) electrons. The standard InChI is InChI=1S/C11H14BrNO3S/c1-11(2,10(15)16)6-13-9(14)5-7-3-4-8(12)17-7/h3-4H,5-6H2,1-2H3,(H,13,14)(H,15,16). The maximum absolute atomic E-state index is 11.6. The maximum atomic E-state index is 11.6. The number of thiophene rings is 1. The predicted molar refractivity (Wildman–Crippen MR) is 70.1 cm³/mol. The normalized spacial score (nSPS) is 11.2. The van der Waals surface area contributed by atoms with E-state index in [1.165, 1.54) is 11.3 Å². The lowest BCUT2D eigenvalue weighted by Gasteiger charge is -2.19. The van der Waals surface area contributed by atoms with Crippen molar-refractivity contribution in [2.45, 2.75) is 20.3 Å². The van der Waals surface area contributed by atoms with Crippen molar-refractivity contribution < 1.29 is 14.7 Å². The lowest BCUT2D eigenvalue weighted by Crippen LogP contribution is -2.39. The number of amides is 1. The molecule has 94 valence electrons. The molecule has 2 N–H and O–H groups in total. The van der Waals surface area contributed by atoms with Crippen LogP contribution in [0.25, 0.3) is 0 Å². The van der Waals surface area contributed by atoms with Crippen LogP contribution in [0.15, 0.2) is 15.9 Å². The van der Waals surface area contributed by atoms with Gasteiger partial charge in [-0.25, -0.2) is 0 Å². The predicted octanol–water partition coefficient (Wildman–Crippen LogP) is 2.28. The second-order valence-electron chi connectivity index (χ2n) is 4.35. The quantitative estimate of drug-likeness (QED) is 0.875. The Kier molecular flexibility index (Phi) is 4.70. The van der Waals surface area contributed by atoms with Crippen molar-refractivity contribution in [2.24, 2.45) is 5.41 Å². The van der Waals surface area contributed by atoms with Crippen LogP contribution in [0.3, 0.4) is 0 Å². The first-order valence-corrected chi connectivity index (χ1v) is 6.66. The van der Waals surface area contributed by atoms with E-state index >= 15 is 0 Å². The topological polar surface area (TPSA) is 66.4 Å². The average molecular weight is 320 g/mol. The van der Waals surface area contributed by atoms with E-state index in [1.807, 2.05) is 12.1 Å². The Morgan fingerprint density at radius 2 is 2.12 bits per heavy atom. The number of hydrogen-bond donors (Lipinski definition) is 2. The highest BCUT2D eigenvalue weighted by Crippen LogP contribution is 2.22. The minimum Gasteiger partial charge on any atom is -0.481 e. The number of aliphatic carboxylic acids is 1. The number of halogens is 1. The fourth-order valence-electron chi connectivity index (χ4n) is 1.06. The SMILES string of the molecule is CC(C)(CNC(=O)Cc1ccc(Br)s1)C(=O)O. The van der Waals surface area contributed by atoms with E-state index in [-0.39, 0.29) is 18.9 Å². The fraction of sp³-hybridized carbons (Fsp3) is 0.455. The van der Waals surface area contributed by atoms with Crippen LogP contribution >= 0.6 is 27.3 Å². The van der Waals surface area contributed by atoms with Gasteiger partial charge >= 0.3 is 5.97 Å². The van der Waals surface area contributed by atoms with Crippen molar-refractivity contribution in [3.63, 3.8) is 0 Å². The molecule has 17 heavy (non-hydrogen) atoms. The number of carbonyl (C=O) groups excluding carboxylic acids is 1. The van der Waals surface area contributed by atoms with Gasteiger partial charge < -0.3 is 10.4 Å². The summed E-state index contributed by atoms with van der Waals surface area (Å²) in [5.41, 5.74) is -0.939. The van der Waals surface area contributed by atoms with Crippen molar-refractivity contribution >= 4 is 39.1 Å². The van der Waals surface area contributed by atoms with Crippen molar-refractivity contribution in [1.29, 1.82) is 0 Å². The number of nitrogens with one attached hydrogen (secondary N) is 1. The van der Waals surface area contributed by atoms with Gasteiger partial charge in [-0.3, -0.25) is 9.59 Å². The summed E-state index contributed by atoms with van der Waals surface area (Å²) in [7, 11) is 0. The molecule has 4 nitrogen and oxygen atoms in total. The Labute approximate surface area is 112 Å². The summed E-state index contributed by atoms with van der Waals surface area (Å²) in [5.74, 6) is -1.08. The maximum Gasteiger partial charge on any atom is 0.310 e. The molecule has 0 fully saturated rings. The first kappa shape index (κ1) is 14.2. The summed E-state index contributed by atoms with van der Waals surface area (Å²) < 4.78 is 0.978. The molecule has 6 heteroatoms. The van der Waals surface area contributed by atoms with Crippen molar-refractivity contribution in [3.8, 4) is 0 Å². The number of rotatable bonds is 5. The molecule has 1 amide bonds. The van der Waals surface area contributed by atoms with Gasteiger partial charge in [0.1, 0.15) is 0 Å². The third kappa shape index (κ3) is 4.47. The highest BCUT2D eigenvalue weighted by Gasteiger charge is 2.27. The van der Waals surface area contributed by atoms with E-state index in [1.54, 1.807) is 13.8 Å². The minimum atomic E-state index is -0.939. The molecule has 1 aromatic rings. The molecule has 1 aromatic heterocycles. The summed E-state index contributed by atoms with van der Waals surface area (Å²) in [5, 5.41) is 11.5. The Bertz CT molecular complexity index is 428. The third-order valence-electron chi connectivity index (χ3n) is 2.27. The third-order valence-corrected chi connectivity index (χ3v) is 3.89. The van der Waals surface area contributed by atoms with Crippen LogP contribution in [0, 0.1) is 5.41 Å². The summed E-state index contributed by atoms with van der Waals surface area (Å²) in [6.07, 6.45) is 0.284. The van der Waals surface area contributed by atoms with E-state index in [2.05, 4.69) is 21.2 Å². The molecule has 0 aliphatic rings. The molecule has 0 saturated carbocycles. The van der Waals surface area contributed by atoms with E-state index in [4.69, 9.17) is 5.11 Å². The van der Waals surface area contributed by atoms with Crippen LogP contribution in [-0.4, -0.2) is 23.5 Å². The van der Waals surface area contributed by atoms with E-state index < -0.39 is 11.4 Å². The van der Waals surface area contributed by atoms with Crippen LogP contribution in [0.5, 0.6) is 0 Å². The number of carbonyl (C=O) groups is 2. The van der Waals surface area contributed by atoms with Crippen LogP contribution in [0.1, 0.15) is 18.7 Å². The largest absolute Gasteiger partial charge is 0.481 e. The summed E-state index contributed by atoms with van der Waals surface area (Å²) in [6, 6.07) is 3.76. The Balaban J connectivity index is 2.43. The summed E-state index contributed by atoms with van der Waals surface area (Å²) >= 11 is 4.82. The Hall–Kier alpha value is -0.880. The monoisotopic (exact) mass is 319 g/mol. The lowest BCUT2D eigenvalue weighted by atomic mass is 9.94. The van der Waals surface area contributed by atoms with Gasteiger partial charge in [0, 0.05) is 11.4 Å². The number of carboxylic acid groups (broad SMARTS) is 1. The van der Waals surface area contributed by atoms with Gasteiger partial charge in [0.05, 0.1) is 15.6 Å². The molecule has 0 aliphatic heterocycles. The van der Waals surface area contributed by atoms with Gasteiger partial charge in [-0.2, -0.15) is 0 Å². The molecule has 1 heterocycles.